The van der Waals surface area contributed by atoms with Gasteiger partial charge in [0, 0.05) is 18.2 Å². The number of nitrogens with zero attached hydrogens (tertiary/aromatic N) is 1. The van der Waals surface area contributed by atoms with Crippen molar-refractivity contribution in [3.8, 4) is 0 Å². The number of rotatable bonds is 6. The van der Waals surface area contributed by atoms with Crippen molar-refractivity contribution in [2.75, 3.05) is 5.32 Å². The van der Waals surface area contributed by atoms with Crippen LogP contribution in [0.1, 0.15) is 38.2 Å². The van der Waals surface area contributed by atoms with Crippen LogP contribution in [-0.2, 0) is 11.3 Å². The van der Waals surface area contributed by atoms with Gasteiger partial charge < -0.3 is 5.32 Å². The van der Waals surface area contributed by atoms with Crippen molar-refractivity contribution in [3.05, 3.63) is 59.9 Å². The van der Waals surface area contributed by atoms with Gasteiger partial charge in [0.2, 0.25) is 6.54 Å². The van der Waals surface area contributed by atoms with E-state index < -0.39 is 11.6 Å². The molecule has 0 aliphatic carbocycles. The molecule has 23 heavy (non-hydrogen) atoms. The van der Waals surface area contributed by atoms with Crippen molar-refractivity contribution in [2.24, 2.45) is 0 Å². The van der Waals surface area contributed by atoms with Gasteiger partial charge in [0.05, 0.1) is 5.69 Å². The minimum Gasteiger partial charge on any atom is -0.318 e. The number of aromatic nitrogens is 1. The Bertz CT molecular complexity index is 667. The number of amides is 1. The first-order chi connectivity index (χ1) is 11.0. The summed E-state index contributed by atoms with van der Waals surface area (Å²) in [6.45, 7) is 4.37. The summed E-state index contributed by atoms with van der Waals surface area (Å²) in [4.78, 5) is 12.0. The predicted octanol–water partition coefficient (Wildman–Crippen LogP) is 3.79. The largest absolute Gasteiger partial charge is 0.318 e. The molecule has 0 atom stereocenters. The molecule has 1 aromatic heterocycles. The second-order valence-corrected chi connectivity index (χ2v) is 5.49. The summed E-state index contributed by atoms with van der Waals surface area (Å²) < 4.78 is 28.1. The van der Waals surface area contributed by atoms with Gasteiger partial charge in [-0.1, -0.05) is 13.8 Å². The zero-order chi connectivity index (χ0) is 16.8. The van der Waals surface area contributed by atoms with Crippen LogP contribution in [0.4, 0.5) is 14.5 Å². The van der Waals surface area contributed by atoms with E-state index in [4.69, 9.17) is 0 Å². The van der Waals surface area contributed by atoms with Gasteiger partial charge in [-0.15, -0.1) is 0 Å². The quantitative estimate of drug-likeness (QED) is 0.807. The van der Waals surface area contributed by atoms with Crippen LogP contribution in [0.3, 0.4) is 0 Å². The molecule has 0 unspecified atom stereocenters. The fourth-order valence-corrected chi connectivity index (χ4v) is 2.55. The number of anilines is 1. The van der Waals surface area contributed by atoms with E-state index in [9.17, 15) is 13.6 Å². The monoisotopic (exact) mass is 319 g/mol. The molecule has 2 aromatic rings. The van der Waals surface area contributed by atoms with E-state index in [0.29, 0.717) is 5.92 Å². The van der Waals surface area contributed by atoms with Gasteiger partial charge in [0.1, 0.15) is 11.6 Å². The minimum absolute atomic E-state index is 0.0225. The number of halogens is 2. The molecule has 1 N–H and O–H groups in total. The summed E-state index contributed by atoms with van der Waals surface area (Å²) in [6.07, 6.45) is 5.83. The zero-order valence-corrected chi connectivity index (χ0v) is 13.4. The van der Waals surface area contributed by atoms with E-state index in [-0.39, 0.29) is 18.1 Å². The van der Waals surface area contributed by atoms with Crippen LogP contribution in [0.15, 0.2) is 42.7 Å². The van der Waals surface area contributed by atoms with Gasteiger partial charge in [-0.3, -0.25) is 4.79 Å². The maximum atomic E-state index is 13.5. The second-order valence-electron chi connectivity index (χ2n) is 5.49. The Morgan fingerprint density at radius 1 is 1.13 bits per heavy atom. The molecule has 0 fully saturated rings. The highest BCUT2D eigenvalue weighted by Crippen LogP contribution is 2.21. The first kappa shape index (κ1) is 17.1. The third-order valence-electron chi connectivity index (χ3n) is 3.91. The molecule has 2 rings (SSSR count). The maximum Gasteiger partial charge on any atom is 0.290 e. The predicted molar refractivity (Wildman–Crippen MR) is 84.9 cm³/mol. The van der Waals surface area contributed by atoms with Crippen molar-refractivity contribution in [2.45, 2.75) is 39.2 Å². The van der Waals surface area contributed by atoms with Crippen molar-refractivity contribution in [1.29, 1.82) is 0 Å². The summed E-state index contributed by atoms with van der Waals surface area (Å²) in [7, 11) is 0. The molecule has 1 heterocycles. The fourth-order valence-electron chi connectivity index (χ4n) is 2.55. The van der Waals surface area contributed by atoms with Crippen molar-refractivity contribution in [1.82, 2.24) is 0 Å². The highest BCUT2D eigenvalue weighted by molar-refractivity contribution is 5.89. The Balaban J connectivity index is 2.00. The topological polar surface area (TPSA) is 33.0 Å². The number of hydrogen-bond acceptors (Lipinski definition) is 1. The second kappa shape index (κ2) is 7.81. The summed E-state index contributed by atoms with van der Waals surface area (Å²) >= 11 is 0. The SMILES string of the molecule is CCC(CC)c1cc[n+](CC(=O)Nc2ccc(F)cc2F)cc1. The average molecular weight is 319 g/mol. The zero-order valence-electron chi connectivity index (χ0n) is 13.4. The molecule has 0 bridgehead atoms. The highest BCUT2D eigenvalue weighted by atomic mass is 19.1. The summed E-state index contributed by atoms with van der Waals surface area (Å²) in [5.74, 6) is -1.30. The van der Waals surface area contributed by atoms with E-state index in [0.717, 1.165) is 25.0 Å². The summed E-state index contributed by atoms with van der Waals surface area (Å²) in [6, 6.07) is 7.07. The van der Waals surface area contributed by atoms with Crippen LogP contribution < -0.4 is 9.88 Å². The van der Waals surface area contributed by atoms with Gasteiger partial charge in [-0.25, -0.2) is 8.78 Å². The maximum absolute atomic E-state index is 13.5. The van der Waals surface area contributed by atoms with Crippen LogP contribution in [0.5, 0.6) is 0 Å². The molecule has 1 amide bonds. The minimum atomic E-state index is -0.785. The molecular weight excluding hydrogens is 298 g/mol. The third-order valence-corrected chi connectivity index (χ3v) is 3.91. The van der Waals surface area contributed by atoms with E-state index in [1.54, 1.807) is 4.57 Å². The average Bonchev–Trinajstić information content (AvgIpc) is 2.53. The molecule has 0 radical (unpaired) electrons. The van der Waals surface area contributed by atoms with Gasteiger partial charge in [-0.2, -0.15) is 4.57 Å². The number of carbonyl (C=O) groups is 1. The van der Waals surface area contributed by atoms with E-state index in [1.807, 2.05) is 24.5 Å². The lowest BCUT2D eigenvalue weighted by molar-refractivity contribution is -0.684. The number of pyridine rings is 1. The number of benzene rings is 1. The van der Waals surface area contributed by atoms with Gasteiger partial charge in [0.25, 0.3) is 5.91 Å². The molecule has 0 saturated carbocycles. The van der Waals surface area contributed by atoms with Crippen molar-refractivity contribution in [3.63, 3.8) is 0 Å². The molecular formula is C18H21F2N2O+. The lowest BCUT2D eigenvalue weighted by Gasteiger charge is -2.11. The van der Waals surface area contributed by atoms with Crippen LogP contribution >= 0.6 is 0 Å². The standard InChI is InChI=1S/C18H20F2N2O/c1-3-13(4-2)14-7-9-22(10-8-14)12-18(23)21-17-6-5-15(19)11-16(17)20/h5-11,13H,3-4,12H2,1-2H3/p+1. The first-order valence-electron chi connectivity index (χ1n) is 7.77. The molecule has 122 valence electrons. The summed E-state index contributed by atoms with van der Waals surface area (Å²) in [5, 5.41) is 2.44. The van der Waals surface area contributed by atoms with Gasteiger partial charge in [-0.05, 0) is 36.5 Å². The Morgan fingerprint density at radius 3 is 2.35 bits per heavy atom. The van der Waals surface area contributed by atoms with E-state index in [2.05, 4.69) is 19.2 Å². The van der Waals surface area contributed by atoms with E-state index >= 15 is 0 Å². The highest BCUT2D eigenvalue weighted by Gasteiger charge is 2.14. The normalized spacial score (nSPS) is 10.8. The lowest BCUT2D eigenvalue weighted by Crippen LogP contribution is -2.39. The van der Waals surface area contributed by atoms with Crippen LogP contribution in [-0.4, -0.2) is 5.91 Å². The Morgan fingerprint density at radius 2 is 1.78 bits per heavy atom. The first-order valence-corrected chi connectivity index (χ1v) is 7.77. The Labute approximate surface area is 135 Å². The van der Waals surface area contributed by atoms with Crippen LogP contribution in [0.25, 0.3) is 0 Å². The lowest BCUT2D eigenvalue weighted by atomic mass is 9.95. The molecule has 0 spiro atoms. The van der Waals surface area contributed by atoms with Crippen molar-refractivity contribution < 1.29 is 18.1 Å². The molecule has 1 aromatic carbocycles. The third kappa shape index (κ3) is 4.58. The Hall–Kier alpha value is -2.30. The van der Waals surface area contributed by atoms with Crippen molar-refractivity contribution >= 4 is 11.6 Å². The van der Waals surface area contributed by atoms with Gasteiger partial charge >= 0.3 is 0 Å². The smallest absolute Gasteiger partial charge is 0.290 e. The number of carbonyl (C=O) groups excluding carboxylic acids is 1. The fraction of sp³-hybridized carbons (Fsp3) is 0.333. The number of nitrogens with one attached hydrogen (secondary N) is 1. The van der Waals surface area contributed by atoms with Crippen LogP contribution in [0, 0.1) is 11.6 Å². The van der Waals surface area contributed by atoms with Gasteiger partial charge in [0.15, 0.2) is 12.4 Å². The molecule has 0 aliphatic rings. The summed E-state index contributed by atoms with van der Waals surface area (Å²) in [5.41, 5.74) is 1.22. The molecule has 5 heteroatoms. The van der Waals surface area contributed by atoms with Crippen LogP contribution in [0.2, 0.25) is 0 Å². The number of hydrogen-bond donors (Lipinski definition) is 1. The Kier molecular flexibility index (Phi) is 5.79. The molecule has 0 aliphatic heterocycles. The molecule has 0 saturated heterocycles. The van der Waals surface area contributed by atoms with E-state index in [1.165, 1.54) is 11.6 Å². The molecule has 3 nitrogen and oxygen atoms in total.